The topological polar surface area (TPSA) is 52.6 Å². The minimum atomic E-state index is -3.49. The second kappa shape index (κ2) is 13.0. The lowest BCUT2D eigenvalue weighted by atomic mass is 10.1. The van der Waals surface area contributed by atoms with E-state index < -0.39 is 9.84 Å². The summed E-state index contributed by atoms with van der Waals surface area (Å²) in [7, 11) is -3.49. The number of sulfone groups is 1. The molecule has 0 saturated heterocycles. The lowest BCUT2D eigenvalue weighted by Gasteiger charge is -2.09. The predicted molar refractivity (Wildman–Crippen MR) is 135 cm³/mol. The van der Waals surface area contributed by atoms with Gasteiger partial charge in [-0.3, -0.25) is 0 Å². The highest BCUT2D eigenvalue weighted by Crippen LogP contribution is 2.45. The van der Waals surface area contributed by atoms with Crippen molar-refractivity contribution >= 4 is 9.84 Å². The number of hydrogen-bond donors (Lipinski definition) is 0. The van der Waals surface area contributed by atoms with Gasteiger partial charge in [-0.25, -0.2) is 8.42 Å². The molecule has 182 valence electrons. The molecule has 3 rings (SSSR count). The zero-order valence-corrected chi connectivity index (χ0v) is 21.2. The molecule has 0 aromatic heterocycles. The molecule has 0 fully saturated rings. The summed E-state index contributed by atoms with van der Waals surface area (Å²) in [6, 6.07) is 10.6. The van der Waals surface area contributed by atoms with Gasteiger partial charge < -0.3 is 9.47 Å². The fourth-order valence-corrected chi connectivity index (χ4v) is 6.00. The molecule has 0 radical (unpaired) electrons. The second-order valence-electron chi connectivity index (χ2n) is 9.05. The monoisotopic (exact) mass is 472 g/mol. The van der Waals surface area contributed by atoms with Crippen LogP contribution >= 0.6 is 0 Å². The Labute approximate surface area is 200 Å². The number of benzene rings is 2. The normalized spacial score (nSPS) is 13.5. The van der Waals surface area contributed by atoms with E-state index in [9.17, 15) is 8.42 Å². The van der Waals surface area contributed by atoms with Gasteiger partial charge in [0, 0.05) is 11.1 Å². The maximum Gasteiger partial charge on any atom is 0.207 e. The maximum absolute atomic E-state index is 13.0. The van der Waals surface area contributed by atoms with Gasteiger partial charge in [-0.05, 0) is 49.2 Å². The summed E-state index contributed by atoms with van der Waals surface area (Å²) in [4.78, 5) is 0.718. The standard InChI is InChI=1S/C28H40O4S/c1-3-5-7-9-11-13-19-31-23-15-17-27-25(21-23)26-22-24(16-18-28(26)33(27,29)30)32-20-14-12-10-8-6-4-2/h15-18,21-22H,3-14,19-20H2,1-2H3. The minimum Gasteiger partial charge on any atom is -0.494 e. The van der Waals surface area contributed by atoms with E-state index >= 15 is 0 Å². The minimum absolute atomic E-state index is 0.359. The molecular formula is C28H40O4S. The van der Waals surface area contributed by atoms with Gasteiger partial charge in [-0.15, -0.1) is 0 Å². The largest absolute Gasteiger partial charge is 0.494 e. The first-order valence-electron chi connectivity index (χ1n) is 12.9. The number of rotatable bonds is 16. The Morgan fingerprint density at radius 3 is 1.39 bits per heavy atom. The molecule has 5 heteroatoms. The summed E-state index contributed by atoms with van der Waals surface area (Å²) in [5.74, 6) is 1.45. The van der Waals surface area contributed by atoms with E-state index in [0.717, 1.165) is 35.5 Å². The zero-order valence-electron chi connectivity index (χ0n) is 20.4. The first-order chi connectivity index (χ1) is 16.1. The lowest BCUT2D eigenvalue weighted by molar-refractivity contribution is 0.304. The summed E-state index contributed by atoms with van der Waals surface area (Å²) in [5, 5.41) is 0. The van der Waals surface area contributed by atoms with Gasteiger partial charge in [-0.1, -0.05) is 78.1 Å². The molecule has 0 amide bonds. The Morgan fingerprint density at radius 1 is 0.576 bits per heavy atom. The van der Waals surface area contributed by atoms with Crippen molar-refractivity contribution in [2.24, 2.45) is 0 Å². The summed E-state index contributed by atoms with van der Waals surface area (Å²) < 4.78 is 37.9. The number of fused-ring (bicyclic) bond motifs is 3. The van der Waals surface area contributed by atoms with Crippen molar-refractivity contribution in [3.8, 4) is 22.6 Å². The third-order valence-electron chi connectivity index (χ3n) is 6.30. The molecule has 0 unspecified atom stereocenters. The van der Waals surface area contributed by atoms with Crippen molar-refractivity contribution in [1.29, 1.82) is 0 Å². The van der Waals surface area contributed by atoms with Gasteiger partial charge in [-0.2, -0.15) is 0 Å². The van der Waals surface area contributed by atoms with E-state index in [1.54, 1.807) is 24.3 Å². The van der Waals surface area contributed by atoms with Crippen molar-refractivity contribution < 1.29 is 17.9 Å². The van der Waals surface area contributed by atoms with Crippen LogP contribution in [0.1, 0.15) is 90.9 Å². The van der Waals surface area contributed by atoms with E-state index in [0.29, 0.717) is 23.0 Å². The van der Waals surface area contributed by atoms with E-state index in [2.05, 4.69) is 13.8 Å². The maximum atomic E-state index is 13.0. The Kier molecular flexibility index (Phi) is 10.1. The van der Waals surface area contributed by atoms with Crippen LogP contribution in [0.4, 0.5) is 0 Å². The van der Waals surface area contributed by atoms with Crippen LogP contribution in [-0.2, 0) is 9.84 Å². The Hall–Kier alpha value is -2.01. The van der Waals surface area contributed by atoms with Crippen LogP contribution < -0.4 is 9.47 Å². The molecule has 33 heavy (non-hydrogen) atoms. The summed E-state index contributed by atoms with van der Waals surface area (Å²) >= 11 is 0. The van der Waals surface area contributed by atoms with Crippen LogP contribution in [0.25, 0.3) is 11.1 Å². The van der Waals surface area contributed by atoms with E-state index in [4.69, 9.17) is 9.47 Å². The highest BCUT2D eigenvalue weighted by Gasteiger charge is 2.33. The number of ether oxygens (including phenoxy) is 2. The quantitative estimate of drug-likeness (QED) is 0.198. The predicted octanol–water partition coefficient (Wildman–Crippen LogP) is 7.98. The SMILES string of the molecule is CCCCCCCCOc1ccc2c(c1)-c1cc(OCCCCCCCC)ccc1S2(=O)=O. The first-order valence-corrected chi connectivity index (χ1v) is 14.4. The molecule has 2 aromatic carbocycles. The molecular weight excluding hydrogens is 432 g/mol. The van der Waals surface area contributed by atoms with Crippen molar-refractivity contribution in [2.45, 2.75) is 101 Å². The fourth-order valence-electron chi connectivity index (χ4n) is 4.35. The van der Waals surface area contributed by atoms with Crippen LogP contribution in [0.3, 0.4) is 0 Å². The molecule has 0 saturated carbocycles. The van der Waals surface area contributed by atoms with Crippen LogP contribution in [0.2, 0.25) is 0 Å². The van der Waals surface area contributed by atoms with Crippen LogP contribution in [0.5, 0.6) is 11.5 Å². The van der Waals surface area contributed by atoms with Gasteiger partial charge in [0.1, 0.15) is 11.5 Å². The molecule has 0 atom stereocenters. The van der Waals surface area contributed by atoms with Gasteiger partial charge >= 0.3 is 0 Å². The first kappa shape index (κ1) is 25.6. The number of unbranched alkanes of at least 4 members (excludes halogenated alkanes) is 10. The summed E-state index contributed by atoms with van der Waals surface area (Å²) in [6.07, 6.45) is 14.5. The Bertz CT molecular complexity index is 908. The molecule has 0 spiro atoms. The highest BCUT2D eigenvalue weighted by molar-refractivity contribution is 7.92. The molecule has 1 aliphatic rings. The van der Waals surface area contributed by atoms with Crippen molar-refractivity contribution in [2.75, 3.05) is 13.2 Å². The van der Waals surface area contributed by atoms with E-state index in [1.807, 2.05) is 12.1 Å². The molecule has 1 heterocycles. The Morgan fingerprint density at radius 2 is 0.970 bits per heavy atom. The van der Waals surface area contributed by atoms with Crippen molar-refractivity contribution in [1.82, 2.24) is 0 Å². The van der Waals surface area contributed by atoms with E-state index in [1.165, 1.54) is 64.2 Å². The average molecular weight is 473 g/mol. The molecule has 2 aromatic rings. The molecule has 0 bridgehead atoms. The summed E-state index contributed by atoms with van der Waals surface area (Å²) in [6.45, 7) is 5.76. The van der Waals surface area contributed by atoms with Crippen LogP contribution in [0, 0.1) is 0 Å². The number of hydrogen-bond acceptors (Lipinski definition) is 4. The molecule has 4 nitrogen and oxygen atoms in total. The Balaban J connectivity index is 1.60. The third-order valence-corrected chi connectivity index (χ3v) is 8.17. The van der Waals surface area contributed by atoms with Gasteiger partial charge in [0.05, 0.1) is 23.0 Å². The zero-order chi connectivity index (χ0) is 23.5. The van der Waals surface area contributed by atoms with Gasteiger partial charge in [0.15, 0.2) is 0 Å². The average Bonchev–Trinajstić information content (AvgIpc) is 3.04. The third kappa shape index (κ3) is 6.99. The van der Waals surface area contributed by atoms with Gasteiger partial charge in [0.25, 0.3) is 0 Å². The van der Waals surface area contributed by atoms with Crippen molar-refractivity contribution in [3.05, 3.63) is 36.4 Å². The summed E-state index contributed by atoms with van der Waals surface area (Å²) in [5.41, 5.74) is 1.44. The van der Waals surface area contributed by atoms with E-state index in [-0.39, 0.29) is 0 Å². The van der Waals surface area contributed by atoms with Crippen molar-refractivity contribution in [3.63, 3.8) is 0 Å². The second-order valence-corrected chi connectivity index (χ2v) is 10.9. The van der Waals surface area contributed by atoms with Gasteiger partial charge in [0.2, 0.25) is 9.84 Å². The smallest absolute Gasteiger partial charge is 0.207 e. The lowest BCUT2D eigenvalue weighted by Crippen LogP contribution is -1.99. The highest BCUT2D eigenvalue weighted by atomic mass is 32.2. The fraction of sp³-hybridized carbons (Fsp3) is 0.571. The van der Waals surface area contributed by atoms with Crippen LogP contribution in [0.15, 0.2) is 46.2 Å². The molecule has 0 aliphatic carbocycles. The van der Waals surface area contributed by atoms with Crippen LogP contribution in [-0.4, -0.2) is 21.6 Å². The molecule has 0 N–H and O–H groups in total. The molecule has 1 aliphatic heterocycles.